The standard InChI is InChI=1S/C28H32F10O12/c1-5-19(39)11-47-23(29,15-49-27(35,36)25(31,32)17-45-21(41)7-3)13-43-9-10-44-14-24(30,48-12-20(40)6-2)16-50-28(37,38)26(33,34)18-46-22(42)8-4/h5-8H,1-4,9-18H2. The van der Waals surface area contributed by atoms with Gasteiger partial charge in [-0.3, -0.25) is 9.59 Å². The van der Waals surface area contributed by atoms with Gasteiger partial charge in [0.2, 0.25) is 0 Å². The Morgan fingerprint density at radius 1 is 0.460 bits per heavy atom. The van der Waals surface area contributed by atoms with Gasteiger partial charge in [-0.2, -0.15) is 35.1 Å². The van der Waals surface area contributed by atoms with Crippen molar-refractivity contribution in [3.8, 4) is 0 Å². The number of rotatable bonds is 29. The molecule has 12 nitrogen and oxygen atoms in total. The largest absolute Gasteiger partial charge is 0.456 e. The van der Waals surface area contributed by atoms with Crippen molar-refractivity contribution in [2.24, 2.45) is 0 Å². The predicted molar refractivity (Wildman–Crippen MR) is 146 cm³/mol. The summed E-state index contributed by atoms with van der Waals surface area (Å²) in [5.41, 5.74) is 0. The zero-order valence-corrected chi connectivity index (χ0v) is 25.9. The van der Waals surface area contributed by atoms with Crippen LogP contribution in [0.4, 0.5) is 43.9 Å². The molecule has 0 aliphatic heterocycles. The molecule has 0 bridgehead atoms. The van der Waals surface area contributed by atoms with Crippen molar-refractivity contribution in [2.75, 3.05) is 66.1 Å². The molecule has 0 saturated heterocycles. The van der Waals surface area contributed by atoms with Crippen LogP contribution in [0.2, 0.25) is 0 Å². The molecule has 2 atom stereocenters. The second-order valence-corrected chi connectivity index (χ2v) is 9.43. The van der Waals surface area contributed by atoms with Gasteiger partial charge in [0.1, 0.15) is 39.6 Å². The van der Waals surface area contributed by atoms with Gasteiger partial charge >= 0.3 is 36.0 Å². The number of ether oxygens (including phenoxy) is 8. The average molecular weight is 751 g/mol. The van der Waals surface area contributed by atoms with Gasteiger partial charge in [0.15, 0.2) is 24.8 Å². The summed E-state index contributed by atoms with van der Waals surface area (Å²) in [5, 5.41) is 0. The smallest absolute Gasteiger partial charge is 0.423 e. The van der Waals surface area contributed by atoms with Gasteiger partial charge in [-0.25, -0.2) is 18.4 Å². The third-order valence-corrected chi connectivity index (χ3v) is 5.32. The number of alkyl halides is 10. The highest BCUT2D eigenvalue weighted by Crippen LogP contribution is 2.38. The summed E-state index contributed by atoms with van der Waals surface area (Å²) >= 11 is 0. The van der Waals surface area contributed by atoms with Crippen LogP contribution in [-0.4, -0.2) is 125 Å². The fourth-order valence-electron chi connectivity index (χ4n) is 2.55. The molecule has 0 fully saturated rings. The molecule has 0 rings (SSSR count). The molecule has 0 aromatic rings. The number of carbonyl (C=O) groups excluding carboxylic acids is 4. The first kappa shape index (κ1) is 46.3. The van der Waals surface area contributed by atoms with Gasteiger partial charge in [0.25, 0.3) is 11.7 Å². The highest BCUT2D eigenvalue weighted by Gasteiger charge is 2.61. The lowest BCUT2D eigenvalue weighted by Crippen LogP contribution is -2.50. The van der Waals surface area contributed by atoms with E-state index in [0.29, 0.717) is 24.3 Å². The number of halogens is 10. The quantitative estimate of drug-likeness (QED) is 0.0475. The summed E-state index contributed by atoms with van der Waals surface area (Å²) in [7, 11) is 0. The van der Waals surface area contributed by atoms with Gasteiger partial charge < -0.3 is 37.9 Å². The van der Waals surface area contributed by atoms with Crippen molar-refractivity contribution in [1.82, 2.24) is 0 Å². The molecule has 0 aromatic heterocycles. The van der Waals surface area contributed by atoms with Gasteiger partial charge in [-0.1, -0.05) is 26.3 Å². The van der Waals surface area contributed by atoms with Crippen LogP contribution in [0.3, 0.4) is 0 Å². The molecule has 0 radical (unpaired) electrons. The Kier molecular flexibility index (Phi) is 18.7. The van der Waals surface area contributed by atoms with Crippen LogP contribution in [0.25, 0.3) is 0 Å². The Labute approximate surface area is 277 Å². The van der Waals surface area contributed by atoms with E-state index in [1.165, 1.54) is 0 Å². The summed E-state index contributed by atoms with van der Waals surface area (Å²) in [6.45, 7) is -3.63. The normalized spacial score (nSPS) is 14.8. The number of ketones is 2. The maximum Gasteiger partial charge on any atom is 0.423 e. The molecule has 0 aliphatic rings. The topological polar surface area (TPSA) is 142 Å². The fraction of sp³-hybridized carbons (Fsp3) is 0.571. The number of carbonyl (C=O) groups is 4. The maximum atomic E-state index is 15.2. The van der Waals surface area contributed by atoms with E-state index in [1.807, 2.05) is 0 Å². The van der Waals surface area contributed by atoms with Crippen molar-refractivity contribution in [3.63, 3.8) is 0 Å². The van der Waals surface area contributed by atoms with Gasteiger partial charge in [0, 0.05) is 12.2 Å². The fourth-order valence-corrected chi connectivity index (χ4v) is 2.55. The van der Waals surface area contributed by atoms with Crippen molar-refractivity contribution in [2.45, 2.75) is 35.8 Å². The van der Waals surface area contributed by atoms with Gasteiger partial charge in [-0.15, -0.1) is 0 Å². The molecule has 0 amide bonds. The van der Waals surface area contributed by atoms with Crippen LogP contribution < -0.4 is 0 Å². The van der Waals surface area contributed by atoms with Crippen LogP contribution in [0.15, 0.2) is 50.6 Å². The van der Waals surface area contributed by atoms with E-state index >= 15 is 8.78 Å². The molecule has 0 aliphatic carbocycles. The van der Waals surface area contributed by atoms with E-state index in [0.717, 1.165) is 0 Å². The number of esters is 2. The second kappa shape index (κ2) is 20.2. The van der Waals surface area contributed by atoms with Crippen molar-refractivity contribution >= 4 is 23.5 Å². The Morgan fingerprint density at radius 2 is 0.780 bits per heavy atom. The lowest BCUT2D eigenvalue weighted by Gasteiger charge is -2.30. The minimum Gasteiger partial charge on any atom is -0.456 e. The molecule has 22 heteroatoms. The molecule has 50 heavy (non-hydrogen) atoms. The zero-order chi connectivity index (χ0) is 38.9. The van der Waals surface area contributed by atoms with Crippen molar-refractivity contribution in [1.29, 1.82) is 0 Å². The van der Waals surface area contributed by atoms with Gasteiger partial charge in [0.05, 0.1) is 13.2 Å². The predicted octanol–water partition coefficient (Wildman–Crippen LogP) is 3.84. The average Bonchev–Trinajstić information content (AvgIpc) is 3.07. The first-order valence-electron chi connectivity index (χ1n) is 13.4. The molecule has 2 unspecified atom stereocenters. The molecule has 286 valence electrons. The highest BCUT2D eigenvalue weighted by atomic mass is 19.3. The van der Waals surface area contributed by atoms with E-state index in [4.69, 9.17) is 9.47 Å². The Bertz CT molecular complexity index is 1110. The summed E-state index contributed by atoms with van der Waals surface area (Å²) in [6, 6.07) is 0. The van der Waals surface area contributed by atoms with E-state index in [2.05, 4.69) is 54.7 Å². The third-order valence-electron chi connectivity index (χ3n) is 5.32. The van der Waals surface area contributed by atoms with Gasteiger partial charge in [-0.05, 0) is 12.2 Å². The van der Waals surface area contributed by atoms with Crippen LogP contribution in [-0.2, 0) is 57.1 Å². The first-order chi connectivity index (χ1) is 22.9. The minimum atomic E-state index is -5.49. The lowest BCUT2D eigenvalue weighted by molar-refractivity contribution is -0.373. The van der Waals surface area contributed by atoms with E-state index < -0.39 is 125 Å². The molecule has 0 aromatic carbocycles. The molecule has 0 N–H and O–H groups in total. The zero-order valence-electron chi connectivity index (χ0n) is 25.9. The summed E-state index contributed by atoms with van der Waals surface area (Å²) < 4.78 is 176. The lowest BCUT2D eigenvalue weighted by atomic mass is 10.3. The molecule has 0 heterocycles. The van der Waals surface area contributed by atoms with Crippen LogP contribution in [0.5, 0.6) is 0 Å². The summed E-state index contributed by atoms with van der Waals surface area (Å²) in [5.74, 6) is -22.6. The number of hydrogen-bond acceptors (Lipinski definition) is 12. The Hall–Kier alpha value is -3.70. The van der Waals surface area contributed by atoms with E-state index in [1.54, 1.807) is 0 Å². The Morgan fingerprint density at radius 3 is 1.06 bits per heavy atom. The molecular weight excluding hydrogens is 718 g/mol. The second-order valence-electron chi connectivity index (χ2n) is 9.43. The van der Waals surface area contributed by atoms with E-state index in [9.17, 15) is 54.3 Å². The van der Waals surface area contributed by atoms with Crippen LogP contribution in [0, 0.1) is 0 Å². The maximum absolute atomic E-state index is 15.2. The Balaban J connectivity index is 5.44. The SMILES string of the molecule is C=CC(=O)COC(F)(COCCOCC(F)(COC(F)(F)C(F)(F)COC(=O)C=C)OCC(=O)C=C)COC(F)(F)C(F)(F)COC(=O)C=C. The van der Waals surface area contributed by atoms with Crippen molar-refractivity contribution < 1.29 is 101 Å². The molecule has 0 spiro atoms. The molecular formula is C28H32F10O12. The molecule has 0 saturated carbocycles. The summed E-state index contributed by atoms with van der Waals surface area (Å²) in [4.78, 5) is 44.7. The number of hydrogen-bond donors (Lipinski definition) is 0. The van der Waals surface area contributed by atoms with Crippen LogP contribution in [0.1, 0.15) is 0 Å². The monoisotopic (exact) mass is 750 g/mol. The van der Waals surface area contributed by atoms with Crippen LogP contribution >= 0.6 is 0 Å². The summed E-state index contributed by atoms with van der Waals surface area (Å²) in [6.07, 6.45) is -8.95. The highest BCUT2D eigenvalue weighted by molar-refractivity contribution is 5.90. The first-order valence-corrected chi connectivity index (χ1v) is 13.4. The third kappa shape index (κ3) is 16.3. The van der Waals surface area contributed by atoms with Crippen molar-refractivity contribution in [3.05, 3.63) is 50.6 Å². The minimum absolute atomic E-state index is 0.389. The van der Waals surface area contributed by atoms with E-state index in [-0.39, 0.29) is 0 Å².